The fourth-order valence-electron chi connectivity index (χ4n) is 2.04. The molecule has 0 aliphatic carbocycles. The molecule has 0 N–H and O–H groups in total. The van der Waals surface area contributed by atoms with Gasteiger partial charge in [0.25, 0.3) is 0 Å². The number of benzene rings is 2. The molecule has 2 nitrogen and oxygen atoms in total. The van der Waals surface area contributed by atoms with Crippen molar-refractivity contribution < 1.29 is 9.13 Å². The monoisotopic (exact) mass is 275 g/mol. The zero-order chi connectivity index (χ0) is 13.4. The van der Waals surface area contributed by atoms with Crippen LogP contribution in [-0.2, 0) is 7.05 Å². The van der Waals surface area contributed by atoms with Gasteiger partial charge in [-0.05, 0) is 36.4 Å². The van der Waals surface area contributed by atoms with Gasteiger partial charge in [0.15, 0.2) is 11.6 Å². The van der Waals surface area contributed by atoms with E-state index in [1.165, 1.54) is 12.1 Å². The van der Waals surface area contributed by atoms with Gasteiger partial charge in [0.05, 0.1) is 5.52 Å². The molecular weight excluding hydrogens is 265 g/mol. The summed E-state index contributed by atoms with van der Waals surface area (Å²) in [5.41, 5.74) is 1.03. The molecule has 0 saturated heterocycles. The first kappa shape index (κ1) is 12.1. The molecule has 96 valence electrons. The van der Waals surface area contributed by atoms with Crippen molar-refractivity contribution in [2.75, 3.05) is 0 Å². The third-order valence-electron chi connectivity index (χ3n) is 3.00. The van der Waals surface area contributed by atoms with Gasteiger partial charge in [-0.2, -0.15) is 0 Å². The van der Waals surface area contributed by atoms with E-state index in [2.05, 4.69) is 0 Å². The van der Waals surface area contributed by atoms with Crippen molar-refractivity contribution in [2.45, 2.75) is 0 Å². The highest BCUT2D eigenvalue weighted by Gasteiger charge is 2.09. The first-order valence-electron chi connectivity index (χ1n) is 5.82. The maximum absolute atomic E-state index is 13.7. The van der Waals surface area contributed by atoms with Crippen LogP contribution >= 0.6 is 11.6 Å². The van der Waals surface area contributed by atoms with Gasteiger partial charge in [-0.15, -0.1) is 0 Å². The lowest BCUT2D eigenvalue weighted by molar-refractivity contribution is 0.446. The molecule has 0 radical (unpaired) electrons. The fraction of sp³-hybridized carbons (Fsp3) is 0.0667. The molecule has 0 atom stereocenters. The minimum atomic E-state index is -0.472. The van der Waals surface area contributed by atoms with Crippen molar-refractivity contribution in [2.24, 2.45) is 7.05 Å². The lowest BCUT2D eigenvalue weighted by Gasteiger charge is -2.08. The normalized spacial score (nSPS) is 10.9. The van der Waals surface area contributed by atoms with Crippen LogP contribution in [0.1, 0.15) is 0 Å². The van der Waals surface area contributed by atoms with Gasteiger partial charge in [0, 0.05) is 23.7 Å². The third kappa shape index (κ3) is 2.17. The lowest BCUT2D eigenvalue weighted by Crippen LogP contribution is -1.89. The van der Waals surface area contributed by atoms with E-state index in [-0.39, 0.29) is 5.75 Å². The van der Waals surface area contributed by atoms with Crippen LogP contribution in [0.2, 0.25) is 5.02 Å². The molecule has 4 heteroatoms. The molecule has 0 aliphatic heterocycles. The summed E-state index contributed by atoms with van der Waals surface area (Å²) in [4.78, 5) is 0. The van der Waals surface area contributed by atoms with Crippen molar-refractivity contribution in [3.05, 3.63) is 59.5 Å². The van der Waals surface area contributed by atoms with Crippen molar-refractivity contribution in [1.82, 2.24) is 4.57 Å². The maximum Gasteiger partial charge on any atom is 0.167 e. The van der Waals surface area contributed by atoms with Crippen LogP contribution in [-0.4, -0.2) is 4.57 Å². The van der Waals surface area contributed by atoms with E-state index in [0.29, 0.717) is 10.8 Å². The molecule has 0 amide bonds. The summed E-state index contributed by atoms with van der Waals surface area (Å²) < 4.78 is 21.4. The van der Waals surface area contributed by atoms with Gasteiger partial charge in [-0.1, -0.05) is 17.7 Å². The van der Waals surface area contributed by atoms with Crippen LogP contribution in [0.5, 0.6) is 11.5 Å². The summed E-state index contributed by atoms with van der Waals surface area (Å²) in [5.74, 6) is 0.320. The van der Waals surface area contributed by atoms with Crippen LogP contribution in [0.4, 0.5) is 4.39 Å². The van der Waals surface area contributed by atoms with Crippen LogP contribution < -0.4 is 4.74 Å². The molecule has 0 spiro atoms. The van der Waals surface area contributed by atoms with Crippen LogP contribution in [0.15, 0.2) is 48.7 Å². The maximum atomic E-state index is 13.7. The summed E-state index contributed by atoms with van der Waals surface area (Å²) in [7, 11) is 1.95. The molecule has 0 bridgehead atoms. The quantitative estimate of drug-likeness (QED) is 0.657. The average Bonchev–Trinajstić information content (AvgIpc) is 2.76. The van der Waals surface area contributed by atoms with Gasteiger partial charge in [-0.25, -0.2) is 4.39 Å². The number of rotatable bonds is 2. The Bertz CT molecular complexity index is 751. The topological polar surface area (TPSA) is 14.2 Å². The van der Waals surface area contributed by atoms with Crippen molar-refractivity contribution in [3.63, 3.8) is 0 Å². The van der Waals surface area contributed by atoms with Gasteiger partial charge in [0.1, 0.15) is 5.75 Å². The molecule has 1 heterocycles. The molecule has 1 aromatic heterocycles. The molecule has 2 aromatic carbocycles. The number of aromatic nitrogens is 1. The summed E-state index contributed by atoms with van der Waals surface area (Å²) in [6.07, 6.45) is 1.94. The molecule has 3 aromatic rings. The minimum absolute atomic E-state index is 0.167. The first-order chi connectivity index (χ1) is 9.15. The Morgan fingerprint density at radius 2 is 1.95 bits per heavy atom. The van der Waals surface area contributed by atoms with Crippen LogP contribution in [0, 0.1) is 5.82 Å². The number of hydrogen-bond acceptors (Lipinski definition) is 1. The Hall–Kier alpha value is -2.00. The fourth-order valence-corrected chi connectivity index (χ4v) is 2.20. The van der Waals surface area contributed by atoms with E-state index in [4.69, 9.17) is 16.3 Å². The smallest absolute Gasteiger partial charge is 0.167 e. The number of hydrogen-bond donors (Lipinski definition) is 0. The molecule has 0 unspecified atom stereocenters. The number of nitrogens with zero attached hydrogens (tertiary/aromatic N) is 1. The van der Waals surface area contributed by atoms with Crippen LogP contribution in [0.25, 0.3) is 10.9 Å². The Morgan fingerprint density at radius 3 is 2.74 bits per heavy atom. The number of fused-ring (bicyclic) bond motifs is 1. The average molecular weight is 276 g/mol. The molecule has 0 saturated carbocycles. The zero-order valence-corrected chi connectivity index (χ0v) is 11.0. The van der Waals surface area contributed by atoms with E-state index in [0.717, 1.165) is 10.9 Å². The van der Waals surface area contributed by atoms with Crippen molar-refractivity contribution in [1.29, 1.82) is 0 Å². The zero-order valence-electron chi connectivity index (χ0n) is 10.2. The molecule has 0 fully saturated rings. The Kier molecular flexibility index (Phi) is 2.91. The van der Waals surface area contributed by atoms with E-state index >= 15 is 0 Å². The molecule has 0 aliphatic rings. The number of aryl methyl sites for hydroxylation is 1. The summed E-state index contributed by atoms with van der Waals surface area (Å²) in [5, 5.41) is 1.29. The summed E-state index contributed by atoms with van der Waals surface area (Å²) in [6, 6.07) is 12.0. The first-order valence-corrected chi connectivity index (χ1v) is 6.20. The van der Waals surface area contributed by atoms with E-state index in [1.807, 2.05) is 42.1 Å². The Balaban J connectivity index is 2.06. The van der Waals surface area contributed by atoms with Crippen molar-refractivity contribution in [3.8, 4) is 11.5 Å². The molecular formula is C15H11ClFNO. The number of ether oxygens (including phenoxy) is 1. The highest BCUT2D eigenvalue weighted by atomic mass is 35.5. The lowest BCUT2D eigenvalue weighted by atomic mass is 10.2. The highest BCUT2D eigenvalue weighted by molar-refractivity contribution is 6.30. The number of halogens is 2. The van der Waals surface area contributed by atoms with Crippen molar-refractivity contribution >= 4 is 22.5 Å². The molecule has 3 rings (SSSR count). The Labute approximate surface area is 115 Å². The van der Waals surface area contributed by atoms with Gasteiger partial charge < -0.3 is 9.30 Å². The van der Waals surface area contributed by atoms with E-state index in [1.54, 1.807) is 6.07 Å². The Morgan fingerprint density at radius 1 is 1.11 bits per heavy atom. The van der Waals surface area contributed by atoms with E-state index < -0.39 is 5.82 Å². The molecule has 19 heavy (non-hydrogen) atoms. The van der Waals surface area contributed by atoms with Crippen LogP contribution in [0.3, 0.4) is 0 Å². The highest BCUT2D eigenvalue weighted by Crippen LogP contribution is 2.32. The second-order valence-corrected chi connectivity index (χ2v) is 4.73. The minimum Gasteiger partial charge on any atom is -0.454 e. The second-order valence-electron chi connectivity index (χ2n) is 4.29. The predicted octanol–water partition coefficient (Wildman–Crippen LogP) is 4.76. The predicted molar refractivity (Wildman–Crippen MR) is 74.4 cm³/mol. The SMILES string of the molecule is Cn1ccc2c(Oc3ccc(Cl)cc3F)cccc21. The van der Waals surface area contributed by atoms with E-state index in [9.17, 15) is 4.39 Å². The van der Waals surface area contributed by atoms with Gasteiger partial charge in [-0.3, -0.25) is 0 Å². The largest absolute Gasteiger partial charge is 0.454 e. The summed E-state index contributed by atoms with van der Waals surface area (Å²) >= 11 is 5.72. The third-order valence-corrected chi connectivity index (χ3v) is 3.24. The standard InChI is InChI=1S/C15H11ClFNO/c1-18-8-7-11-13(18)3-2-4-14(11)19-15-6-5-10(16)9-12(15)17/h2-9H,1H3. The summed E-state index contributed by atoms with van der Waals surface area (Å²) in [6.45, 7) is 0. The second kappa shape index (κ2) is 4.59. The van der Waals surface area contributed by atoms with Gasteiger partial charge in [0.2, 0.25) is 0 Å². The van der Waals surface area contributed by atoms with Gasteiger partial charge >= 0.3 is 0 Å².